The minimum Gasteiger partial charge on any atom is -0.371 e. The predicted molar refractivity (Wildman–Crippen MR) is 105 cm³/mol. The molecular weight excluding hydrogens is 316 g/mol. The van der Waals surface area contributed by atoms with Gasteiger partial charge < -0.3 is 15.2 Å². The summed E-state index contributed by atoms with van der Waals surface area (Å²) in [6.45, 7) is 20.7. The lowest BCUT2D eigenvalue weighted by Crippen LogP contribution is -2.48. The average Bonchev–Trinajstić information content (AvgIpc) is 2.42. The highest BCUT2D eigenvalue weighted by atomic mass is 16.7. The van der Waals surface area contributed by atoms with E-state index in [1.807, 2.05) is 39.0 Å². The van der Waals surface area contributed by atoms with Gasteiger partial charge in [-0.25, -0.2) is 0 Å². The van der Waals surface area contributed by atoms with Crippen molar-refractivity contribution in [2.45, 2.75) is 83.8 Å². The van der Waals surface area contributed by atoms with Crippen LogP contribution in [0.4, 0.5) is 0 Å². The van der Waals surface area contributed by atoms with Crippen molar-refractivity contribution in [1.29, 1.82) is 0 Å². The SMILES string of the molecule is C=CCOC(C)(N)CC(CC)OC(C)(C)CN(C)OC(C)(C)CC=C. The van der Waals surface area contributed by atoms with Crippen molar-refractivity contribution in [3.05, 3.63) is 25.3 Å². The Kier molecular flexibility index (Phi) is 10.1. The van der Waals surface area contributed by atoms with Crippen LogP contribution in [0, 0.1) is 0 Å². The normalized spacial score (nSPS) is 16.5. The molecule has 0 rings (SSSR count). The summed E-state index contributed by atoms with van der Waals surface area (Å²) >= 11 is 0. The molecule has 5 nitrogen and oxygen atoms in total. The van der Waals surface area contributed by atoms with Crippen molar-refractivity contribution in [2.24, 2.45) is 5.73 Å². The molecule has 0 spiro atoms. The Hall–Kier alpha value is -0.720. The first kappa shape index (κ1) is 24.3. The Morgan fingerprint density at radius 3 is 2.16 bits per heavy atom. The average molecular weight is 357 g/mol. The molecule has 0 radical (unpaired) electrons. The van der Waals surface area contributed by atoms with Crippen molar-refractivity contribution in [3.8, 4) is 0 Å². The fourth-order valence-corrected chi connectivity index (χ4v) is 2.89. The monoisotopic (exact) mass is 356 g/mol. The molecular formula is C20H40N2O3. The first-order chi connectivity index (χ1) is 11.4. The number of rotatable bonds is 14. The zero-order valence-electron chi connectivity index (χ0n) is 17.4. The lowest BCUT2D eigenvalue weighted by molar-refractivity contribution is -0.245. The van der Waals surface area contributed by atoms with Crippen LogP contribution in [0.3, 0.4) is 0 Å². The van der Waals surface area contributed by atoms with E-state index >= 15 is 0 Å². The number of likely N-dealkylation sites (N-methyl/N-ethyl adjacent to an activating group) is 1. The van der Waals surface area contributed by atoms with Crippen LogP contribution in [0.2, 0.25) is 0 Å². The van der Waals surface area contributed by atoms with E-state index in [0.717, 1.165) is 12.8 Å². The summed E-state index contributed by atoms with van der Waals surface area (Å²) in [6.07, 6.45) is 5.84. The standard InChI is InChI=1S/C20H40N2O3/c1-10-13-18(4,5)25-22(9)16-19(6,7)24-17(12-3)15-20(8,21)23-14-11-2/h10-11,17H,1-2,12-16,21H2,3-9H3. The lowest BCUT2D eigenvalue weighted by atomic mass is 10.0. The van der Waals surface area contributed by atoms with Crippen LogP contribution in [-0.4, -0.2) is 48.3 Å². The number of hydrogen-bond donors (Lipinski definition) is 1. The molecule has 0 bridgehead atoms. The maximum absolute atomic E-state index is 6.32. The smallest absolute Gasteiger partial charge is 0.116 e. The molecule has 0 aliphatic rings. The topological polar surface area (TPSA) is 57.0 Å². The van der Waals surface area contributed by atoms with Crippen LogP contribution < -0.4 is 5.73 Å². The van der Waals surface area contributed by atoms with Crippen molar-refractivity contribution in [2.75, 3.05) is 20.2 Å². The molecule has 0 aromatic carbocycles. The molecule has 5 heteroatoms. The van der Waals surface area contributed by atoms with Crippen LogP contribution >= 0.6 is 0 Å². The Labute approximate surface area is 155 Å². The number of hydrogen-bond acceptors (Lipinski definition) is 5. The van der Waals surface area contributed by atoms with Crippen LogP contribution in [0.25, 0.3) is 0 Å². The zero-order chi connectivity index (χ0) is 19.7. The van der Waals surface area contributed by atoms with Gasteiger partial charge >= 0.3 is 0 Å². The summed E-state index contributed by atoms with van der Waals surface area (Å²) in [4.78, 5) is 6.00. The molecule has 0 heterocycles. The lowest BCUT2D eigenvalue weighted by Gasteiger charge is -2.38. The van der Waals surface area contributed by atoms with Crippen LogP contribution in [-0.2, 0) is 14.3 Å². The molecule has 0 amide bonds. The number of nitrogens with zero attached hydrogens (tertiary/aromatic N) is 1. The third-order valence-electron chi connectivity index (χ3n) is 3.75. The van der Waals surface area contributed by atoms with Crippen LogP contribution in [0.5, 0.6) is 0 Å². The van der Waals surface area contributed by atoms with E-state index in [1.54, 1.807) is 6.08 Å². The highest BCUT2D eigenvalue weighted by Crippen LogP contribution is 2.24. The highest BCUT2D eigenvalue weighted by molar-refractivity contribution is 4.82. The van der Waals surface area contributed by atoms with E-state index in [9.17, 15) is 0 Å². The maximum Gasteiger partial charge on any atom is 0.116 e. The molecule has 0 saturated heterocycles. The molecule has 2 N–H and O–H groups in total. The van der Waals surface area contributed by atoms with Crippen LogP contribution in [0.1, 0.15) is 60.8 Å². The molecule has 0 saturated carbocycles. The third-order valence-corrected chi connectivity index (χ3v) is 3.75. The van der Waals surface area contributed by atoms with E-state index in [0.29, 0.717) is 19.6 Å². The Morgan fingerprint density at radius 1 is 1.08 bits per heavy atom. The van der Waals surface area contributed by atoms with E-state index in [1.165, 1.54) is 0 Å². The number of hydroxylamine groups is 2. The molecule has 2 atom stereocenters. The maximum atomic E-state index is 6.32. The fourth-order valence-electron chi connectivity index (χ4n) is 2.89. The Balaban J connectivity index is 4.68. The van der Waals surface area contributed by atoms with Crippen molar-refractivity contribution < 1.29 is 14.3 Å². The van der Waals surface area contributed by atoms with Gasteiger partial charge in [-0.05, 0) is 47.5 Å². The van der Waals surface area contributed by atoms with E-state index in [-0.39, 0.29) is 17.3 Å². The van der Waals surface area contributed by atoms with Gasteiger partial charge in [-0.15, -0.1) is 13.2 Å². The summed E-state index contributed by atoms with van der Waals surface area (Å²) < 4.78 is 12.0. The van der Waals surface area contributed by atoms with Crippen LogP contribution in [0.15, 0.2) is 25.3 Å². The van der Waals surface area contributed by atoms with E-state index < -0.39 is 5.72 Å². The fraction of sp³-hybridized carbons (Fsp3) is 0.800. The number of nitrogens with two attached hydrogens (primary N) is 1. The minimum atomic E-state index is -0.737. The molecule has 0 aromatic rings. The molecule has 0 aromatic heterocycles. The zero-order valence-corrected chi connectivity index (χ0v) is 17.4. The summed E-state index contributed by atoms with van der Waals surface area (Å²) in [6, 6.07) is 0. The van der Waals surface area contributed by atoms with Gasteiger partial charge in [0.2, 0.25) is 0 Å². The van der Waals surface area contributed by atoms with Crippen molar-refractivity contribution >= 4 is 0 Å². The quantitative estimate of drug-likeness (QED) is 0.289. The molecule has 2 unspecified atom stereocenters. The van der Waals surface area contributed by atoms with Gasteiger partial charge in [-0.3, -0.25) is 4.84 Å². The highest BCUT2D eigenvalue weighted by Gasteiger charge is 2.31. The largest absolute Gasteiger partial charge is 0.371 e. The Bertz CT molecular complexity index is 406. The van der Waals surface area contributed by atoms with Gasteiger partial charge in [0, 0.05) is 13.5 Å². The van der Waals surface area contributed by atoms with E-state index in [4.69, 9.17) is 20.0 Å². The molecule has 0 aliphatic heterocycles. The van der Waals surface area contributed by atoms with Gasteiger partial charge in [0.05, 0.1) is 30.5 Å². The molecule has 25 heavy (non-hydrogen) atoms. The first-order valence-corrected chi connectivity index (χ1v) is 9.09. The summed E-state index contributed by atoms with van der Waals surface area (Å²) in [7, 11) is 1.93. The second-order valence-corrected chi connectivity index (χ2v) is 8.15. The predicted octanol–water partition coefficient (Wildman–Crippen LogP) is 4.05. The number of ether oxygens (including phenoxy) is 2. The van der Waals surface area contributed by atoms with Gasteiger partial charge in [0.15, 0.2) is 0 Å². The first-order valence-electron chi connectivity index (χ1n) is 9.09. The van der Waals surface area contributed by atoms with Crippen molar-refractivity contribution in [3.63, 3.8) is 0 Å². The van der Waals surface area contributed by atoms with E-state index in [2.05, 4.69) is 33.9 Å². The second kappa shape index (κ2) is 10.4. The third kappa shape index (κ3) is 11.5. The summed E-state index contributed by atoms with van der Waals surface area (Å²) in [5.74, 6) is 0. The van der Waals surface area contributed by atoms with Crippen molar-refractivity contribution in [1.82, 2.24) is 5.06 Å². The molecule has 0 fully saturated rings. The summed E-state index contributed by atoms with van der Waals surface area (Å²) in [5, 5.41) is 1.84. The van der Waals surface area contributed by atoms with Gasteiger partial charge in [-0.2, -0.15) is 5.06 Å². The second-order valence-electron chi connectivity index (χ2n) is 8.15. The van der Waals surface area contributed by atoms with Gasteiger partial charge in [0.25, 0.3) is 0 Å². The summed E-state index contributed by atoms with van der Waals surface area (Å²) in [5.41, 5.74) is 4.82. The van der Waals surface area contributed by atoms with Gasteiger partial charge in [0.1, 0.15) is 5.72 Å². The van der Waals surface area contributed by atoms with Gasteiger partial charge in [-0.1, -0.05) is 19.1 Å². The molecule has 148 valence electrons. The minimum absolute atomic E-state index is 0.00407. The molecule has 0 aliphatic carbocycles. The Morgan fingerprint density at radius 2 is 1.68 bits per heavy atom.